The summed E-state index contributed by atoms with van der Waals surface area (Å²) in [5.41, 5.74) is 18.9. The quantitative estimate of drug-likeness (QED) is 0.0124. The number of likely N-dealkylation sites (N-methyl/N-ethyl adjacent to an activating group) is 3. The summed E-state index contributed by atoms with van der Waals surface area (Å²) in [4.78, 5) is 290. The zero-order valence-corrected chi connectivity index (χ0v) is 79.2. The molecule has 3 fully saturated rings. The third kappa shape index (κ3) is 30.1. The van der Waals surface area contributed by atoms with Crippen LogP contribution >= 0.6 is 11.8 Å². The fourth-order valence-electron chi connectivity index (χ4n) is 16.9. The number of carboxylic acid groups (broad SMARTS) is 2. The Kier molecular flexibility index (Phi) is 40.1. The van der Waals surface area contributed by atoms with Crippen molar-refractivity contribution in [3.05, 3.63) is 120 Å². The predicted octanol–water partition coefficient (Wildman–Crippen LogP) is -4.94. The van der Waals surface area contributed by atoms with Gasteiger partial charge < -0.3 is 140 Å². The molecule has 3 saturated heterocycles. The average Bonchev–Trinajstić information content (AvgIpc) is 1.63. The number of fused-ring (bicyclic) bond motifs is 4. The molecule has 17 amide bonds. The lowest BCUT2D eigenvalue weighted by Gasteiger charge is -2.36. The molecule has 6 heterocycles. The summed E-state index contributed by atoms with van der Waals surface area (Å²) in [5.74, 6) is -22.7. The predicted molar refractivity (Wildman–Crippen MR) is 504 cm³/mol. The van der Waals surface area contributed by atoms with E-state index in [1.165, 1.54) is 81.8 Å². The number of aromatic amines is 2. The van der Waals surface area contributed by atoms with Crippen LogP contribution < -0.4 is 75.7 Å². The second-order valence-corrected chi connectivity index (χ2v) is 35.8. The van der Waals surface area contributed by atoms with E-state index in [-0.39, 0.29) is 87.9 Å². The minimum absolute atomic E-state index is 0.00649. The second-order valence-electron chi connectivity index (χ2n) is 34.8. The van der Waals surface area contributed by atoms with E-state index in [1.54, 1.807) is 62.4 Å². The van der Waals surface area contributed by atoms with Crippen LogP contribution in [0, 0.1) is 5.41 Å². The first-order chi connectivity index (χ1) is 66.6. The van der Waals surface area contributed by atoms with Gasteiger partial charge in [-0.3, -0.25) is 96.5 Å². The third-order valence-electron chi connectivity index (χ3n) is 24.5. The summed E-state index contributed by atoms with van der Waals surface area (Å²) in [6.45, 7) is 1.32. The molecule has 3 aromatic carbocycles. The van der Waals surface area contributed by atoms with Crippen LogP contribution in [0.15, 0.2) is 97.7 Å². The molecule has 6 aromatic rings. The van der Waals surface area contributed by atoms with Crippen LogP contribution in [0.5, 0.6) is 5.75 Å². The van der Waals surface area contributed by atoms with E-state index in [4.69, 9.17) is 22.6 Å². The largest absolute Gasteiger partial charge is 0.508 e. The van der Waals surface area contributed by atoms with E-state index in [9.17, 15) is 83.1 Å². The summed E-state index contributed by atoms with van der Waals surface area (Å²) in [7, 11) is 3.72. The summed E-state index contributed by atoms with van der Waals surface area (Å²) >= 11 is 0.726. The molecule has 3 aliphatic rings. The molecule has 0 saturated carbocycles. The van der Waals surface area contributed by atoms with Gasteiger partial charge in [0.1, 0.15) is 96.9 Å². The highest BCUT2D eigenvalue weighted by Gasteiger charge is 2.47. The Labute approximate surface area is 808 Å². The van der Waals surface area contributed by atoms with Crippen LogP contribution in [0.3, 0.4) is 0 Å². The number of aromatic hydroxyl groups is 1. The Morgan fingerprint density at radius 1 is 0.550 bits per heavy atom. The van der Waals surface area contributed by atoms with E-state index in [0.717, 1.165) is 36.3 Å². The molecule has 0 bridgehead atoms. The number of phenolic OH excluding ortho intramolecular Hbond substituents is 1. The molecule has 0 aliphatic carbocycles. The maximum atomic E-state index is 15.9. The van der Waals surface area contributed by atoms with E-state index in [0.29, 0.717) is 45.8 Å². The zero-order valence-electron chi connectivity index (χ0n) is 78.3. The van der Waals surface area contributed by atoms with Crippen molar-refractivity contribution in [3.8, 4) is 5.75 Å². The summed E-state index contributed by atoms with van der Waals surface area (Å²) in [6.07, 6.45) is 0.485. The maximum Gasteiger partial charge on any atom is 0.323 e. The summed E-state index contributed by atoms with van der Waals surface area (Å²) in [6, 6.07) is -5.30. The van der Waals surface area contributed by atoms with Crippen molar-refractivity contribution in [2.75, 3.05) is 65.4 Å². The molecule has 758 valence electrons. The number of carboxylic acids is 2. The van der Waals surface area contributed by atoms with Gasteiger partial charge in [0.2, 0.25) is 100 Å². The molecule has 48 nitrogen and oxygen atoms in total. The van der Waals surface area contributed by atoms with E-state index in [1.807, 2.05) is 0 Å². The Morgan fingerprint density at radius 3 is 1.76 bits per heavy atom. The van der Waals surface area contributed by atoms with Crippen molar-refractivity contribution in [3.63, 3.8) is 0 Å². The minimum atomic E-state index is -2.12. The number of guanidine groups is 1. The van der Waals surface area contributed by atoms with Crippen molar-refractivity contribution in [2.24, 2.45) is 17.2 Å². The smallest absolute Gasteiger partial charge is 0.323 e. The van der Waals surface area contributed by atoms with Gasteiger partial charge in [-0.15, -0.1) is 11.8 Å². The molecule has 3 aromatic heterocycles. The second kappa shape index (κ2) is 51.6. The number of phenols is 1. The Bertz CT molecular complexity index is 5500. The highest BCUT2D eigenvalue weighted by molar-refractivity contribution is 8.00. The van der Waals surface area contributed by atoms with Crippen LogP contribution in [-0.2, 0) is 123 Å². The standard InChI is InChI=1S/C91H124N24O24S/c1-7-9-21-68-83(132)102-58(20-15-29-97-91(94)95)79(128)109-66(78(127)99-40-73(93)120)45-140-46-74(121)101-61(31-49-25-27-53(117)28-26-49)86(135)110(4)48(3)77(126)105-63(36-72(92)119)88(137)114-30-16-24-69(114)84(133)104-60(34-52-39-96-47-100-52)81(130)107-64(37-75(122)123)89(138)115-42-54(118)35-71(115)85(134)103-59(32-50-38-98-57-19-13-11-17-55(50)57)80(129)108-65(44-116)82(131)106-62(87(136)112(6)70(22-10-8-2)90(139)111(68)5)33-51-41-113(43-76(124)125)67-23-14-12-18-56(51)67/h11-14,17-19,23,25-28,38-39,41,47-48,54,58-66,68-71,98,116-118H,7-10,15-16,20-22,24,29-37,40,42-46H2,1-6H3,(H2,92,119)(H2,93,120)(H,96,100)(H,99,127)(H,101,121)(H,102,132)(H,103,134)(H,104,133)(H,105,126)(H,106,131)(H,107,130)(H,108,129)(H,109,128)(H,122,123)(H,124,125)(H4,94,95,97)/t48-,54+,58-,59-,60-,61-,62-,63-,64-,65-,66-,68-,69-,70-,71-/m0/s1. The normalized spacial score (nSPS) is 24.2. The molecule has 140 heavy (non-hydrogen) atoms. The van der Waals surface area contributed by atoms with Gasteiger partial charge in [0.05, 0.1) is 44.2 Å². The Balaban J connectivity index is 1.12. The number of carbonyl (C=O) groups excluding carboxylic acids is 17. The number of aliphatic hydroxyl groups is 2. The highest BCUT2D eigenvalue weighted by Crippen LogP contribution is 2.29. The van der Waals surface area contributed by atoms with Crippen LogP contribution in [0.2, 0.25) is 0 Å². The molecule has 25 N–H and O–H groups in total. The van der Waals surface area contributed by atoms with Crippen LogP contribution in [-0.4, -0.2) is 344 Å². The lowest BCUT2D eigenvalue weighted by Crippen LogP contribution is -2.62. The van der Waals surface area contributed by atoms with Gasteiger partial charge in [0, 0.05) is 125 Å². The fourth-order valence-corrected chi connectivity index (χ4v) is 17.8. The van der Waals surface area contributed by atoms with Gasteiger partial charge in [-0.1, -0.05) is 88.1 Å². The number of thioether (sulfide) groups is 1. The van der Waals surface area contributed by atoms with Crippen molar-refractivity contribution in [1.82, 2.24) is 103 Å². The van der Waals surface area contributed by atoms with E-state index in [2.05, 4.69) is 73.4 Å². The monoisotopic (exact) mass is 1970 g/mol. The number of amides is 17. The number of rotatable bonds is 28. The number of hydrogen-bond acceptors (Lipinski definition) is 25. The number of nitrogens with zero attached hydrogens (tertiary/aromatic N) is 7. The molecule has 0 unspecified atom stereocenters. The zero-order chi connectivity index (χ0) is 102. The van der Waals surface area contributed by atoms with Gasteiger partial charge in [-0.2, -0.15) is 0 Å². The van der Waals surface area contributed by atoms with Crippen LogP contribution in [0.25, 0.3) is 21.8 Å². The molecule has 49 heteroatoms. The lowest BCUT2D eigenvalue weighted by atomic mass is 10.00. The van der Waals surface area contributed by atoms with Crippen molar-refractivity contribution in [1.29, 1.82) is 5.41 Å². The number of nitrogens with one attached hydrogen (secondary N) is 14. The molecule has 9 rings (SSSR count). The van der Waals surface area contributed by atoms with Crippen LogP contribution in [0.4, 0.5) is 0 Å². The van der Waals surface area contributed by atoms with Crippen molar-refractivity contribution < 1.29 is 117 Å². The SMILES string of the molecule is CCCC[C@H]1C(=O)N(C)[C@@H](CCCC)C(=O)N[C@@H](CCCNC(=N)N)C(=O)N[C@H](C(=O)NCC(N)=O)CSCC(=O)N[C@@H](Cc2ccc(O)cc2)C(=O)N(C)[C@@H](C)C(=O)N[C@@H](CC(N)=O)C(=O)N2CCC[C@H]2C(=O)N[C@@H](Cc2cnc[nH]2)C(=O)N[C@@H](CC(=O)O)C(=O)N2C[C@H](O)C[C@H]2C(=O)N[C@@H](Cc2c[nH]c3ccccc23)C(=O)N[C@@H](CO)C(=O)N[C@@H](Cc2cn(CC(=O)O)c3ccccc23)C(=O)N1C. The molecular weight excluding hydrogens is 1850 g/mol. The van der Waals surface area contributed by atoms with Gasteiger partial charge in [0.25, 0.3) is 0 Å². The van der Waals surface area contributed by atoms with Gasteiger partial charge in [0.15, 0.2) is 5.96 Å². The van der Waals surface area contributed by atoms with Crippen molar-refractivity contribution in [2.45, 2.75) is 227 Å². The summed E-state index contributed by atoms with van der Waals surface area (Å²) in [5, 5.41) is 90.2. The van der Waals surface area contributed by atoms with Gasteiger partial charge in [-0.25, -0.2) is 4.98 Å². The van der Waals surface area contributed by atoms with E-state index >= 15 is 33.6 Å². The number of para-hydroxylation sites is 2. The molecular formula is C91H124N24O24S. The number of aliphatic hydroxyl groups excluding tert-OH is 2. The van der Waals surface area contributed by atoms with Crippen LogP contribution in [0.1, 0.15) is 127 Å². The lowest BCUT2D eigenvalue weighted by molar-refractivity contribution is -0.149. The maximum absolute atomic E-state index is 15.9. The molecule has 3 aliphatic heterocycles. The average molecular weight is 1970 g/mol. The number of nitrogens with two attached hydrogens (primary N) is 3. The number of benzene rings is 3. The van der Waals surface area contributed by atoms with Crippen molar-refractivity contribution >= 4 is 152 Å². The highest BCUT2D eigenvalue weighted by atomic mass is 32.2. The number of H-pyrrole nitrogens is 2. The molecule has 15 atom stereocenters. The number of unbranched alkanes of at least 4 members (excludes halogenated alkanes) is 2. The van der Waals surface area contributed by atoms with Gasteiger partial charge in [-0.05, 0) is 86.4 Å². The number of carbonyl (C=O) groups is 19. The number of imidazole rings is 1. The number of aromatic nitrogens is 4. The Hall–Kier alpha value is -14.8. The number of aliphatic carboxylic acids is 2. The third-order valence-corrected chi connectivity index (χ3v) is 25.5. The molecule has 0 radical (unpaired) electrons. The number of primary amides is 2. The molecule has 0 spiro atoms. The first-order valence-electron chi connectivity index (χ1n) is 45.8. The fraction of sp³-hybridized carbons (Fsp3) is 0.505. The first kappa shape index (κ1) is 109. The first-order valence-corrected chi connectivity index (χ1v) is 47.0. The number of hydrogen-bond donors (Lipinski definition) is 22. The minimum Gasteiger partial charge on any atom is -0.508 e. The van der Waals surface area contributed by atoms with E-state index < -0.39 is 285 Å². The topological polar surface area (TPSA) is 725 Å². The van der Waals surface area contributed by atoms with Gasteiger partial charge >= 0.3 is 11.9 Å². The Morgan fingerprint density at radius 2 is 1.12 bits per heavy atom. The summed E-state index contributed by atoms with van der Waals surface area (Å²) < 4.78 is 1.38.